The largest absolute Gasteiger partial charge is 0.497 e. The van der Waals surface area contributed by atoms with Crippen LogP contribution in [0.3, 0.4) is 0 Å². The van der Waals surface area contributed by atoms with Crippen molar-refractivity contribution in [1.82, 2.24) is 10.1 Å². The second-order valence-electron chi connectivity index (χ2n) is 6.72. The lowest BCUT2D eigenvalue weighted by Crippen LogP contribution is -2.15. The number of carbonyl (C=O) groups excluding carboxylic acids is 1. The van der Waals surface area contributed by atoms with Gasteiger partial charge in [0.15, 0.2) is 13.2 Å². The summed E-state index contributed by atoms with van der Waals surface area (Å²) in [6.45, 7) is 3.76. The first-order chi connectivity index (χ1) is 14.5. The van der Waals surface area contributed by atoms with Crippen LogP contribution in [0.25, 0.3) is 11.4 Å². The Balaban J connectivity index is 1.58. The van der Waals surface area contributed by atoms with Gasteiger partial charge in [0.25, 0.3) is 5.89 Å². The maximum absolute atomic E-state index is 12.0. The Hall–Kier alpha value is -3.55. The number of methoxy groups -OCH3 is 2. The molecular formula is C22H24N2O6. The highest BCUT2D eigenvalue weighted by Crippen LogP contribution is 2.31. The van der Waals surface area contributed by atoms with Gasteiger partial charge < -0.3 is 23.5 Å². The van der Waals surface area contributed by atoms with Crippen molar-refractivity contribution in [3.63, 3.8) is 0 Å². The van der Waals surface area contributed by atoms with Crippen molar-refractivity contribution in [2.45, 2.75) is 26.4 Å². The maximum atomic E-state index is 12.0. The summed E-state index contributed by atoms with van der Waals surface area (Å²) in [7, 11) is 3.11. The highest BCUT2D eigenvalue weighted by molar-refractivity contribution is 5.71. The first-order valence-corrected chi connectivity index (χ1v) is 9.44. The molecule has 0 N–H and O–H groups in total. The molecule has 8 nitrogen and oxygen atoms in total. The molecule has 30 heavy (non-hydrogen) atoms. The summed E-state index contributed by atoms with van der Waals surface area (Å²) in [6, 6.07) is 12.8. The molecule has 0 spiro atoms. The minimum Gasteiger partial charge on any atom is -0.497 e. The smallest absolute Gasteiger partial charge is 0.344 e. The third-order valence-corrected chi connectivity index (χ3v) is 4.36. The number of aromatic nitrogens is 2. The van der Waals surface area contributed by atoms with Gasteiger partial charge in [-0.15, -0.1) is 0 Å². The first kappa shape index (κ1) is 21.2. The summed E-state index contributed by atoms with van der Waals surface area (Å²) in [5.41, 5.74) is 1.66. The molecule has 2 aromatic carbocycles. The van der Waals surface area contributed by atoms with Gasteiger partial charge in [0, 0.05) is 6.07 Å². The molecule has 1 aromatic heterocycles. The molecule has 0 saturated carbocycles. The second-order valence-corrected chi connectivity index (χ2v) is 6.72. The lowest BCUT2D eigenvalue weighted by Gasteiger charge is -2.13. The topological polar surface area (TPSA) is 92.9 Å². The molecule has 0 aliphatic heterocycles. The predicted octanol–water partition coefficient (Wildman–Crippen LogP) is 4.00. The summed E-state index contributed by atoms with van der Waals surface area (Å²) in [5.74, 6) is 2.08. The van der Waals surface area contributed by atoms with Crippen LogP contribution in [0.15, 0.2) is 47.0 Å². The number of carbonyl (C=O) groups is 1. The summed E-state index contributed by atoms with van der Waals surface area (Å²) < 4.78 is 26.5. The number of hydrogen-bond acceptors (Lipinski definition) is 8. The molecule has 3 rings (SSSR count). The molecular weight excluding hydrogens is 388 g/mol. The number of nitrogens with zero attached hydrogens (tertiary/aromatic N) is 2. The molecule has 158 valence electrons. The van der Waals surface area contributed by atoms with E-state index in [-0.39, 0.29) is 25.0 Å². The van der Waals surface area contributed by atoms with Gasteiger partial charge in [-0.3, -0.25) is 0 Å². The Kier molecular flexibility index (Phi) is 6.90. The van der Waals surface area contributed by atoms with Crippen molar-refractivity contribution in [3.05, 3.63) is 53.9 Å². The fraction of sp³-hybridized carbons (Fsp3) is 0.318. The highest BCUT2D eigenvalue weighted by atomic mass is 16.6. The molecule has 1 heterocycles. The lowest BCUT2D eigenvalue weighted by atomic mass is 10.0. The van der Waals surface area contributed by atoms with Crippen LogP contribution in [0, 0.1) is 0 Å². The summed E-state index contributed by atoms with van der Waals surface area (Å²) in [4.78, 5) is 16.3. The Morgan fingerprint density at radius 3 is 2.60 bits per heavy atom. The number of ether oxygens (including phenoxy) is 4. The van der Waals surface area contributed by atoms with Gasteiger partial charge in [0.2, 0.25) is 5.82 Å². The molecule has 0 aliphatic carbocycles. The Morgan fingerprint density at radius 1 is 1.07 bits per heavy atom. The van der Waals surface area contributed by atoms with Crippen LogP contribution >= 0.6 is 0 Å². The third kappa shape index (κ3) is 5.08. The summed E-state index contributed by atoms with van der Waals surface area (Å²) in [6.07, 6.45) is 0. The number of hydrogen-bond donors (Lipinski definition) is 0. The molecule has 0 amide bonds. The van der Waals surface area contributed by atoms with Gasteiger partial charge in [-0.05, 0) is 29.7 Å². The van der Waals surface area contributed by atoms with Crippen molar-refractivity contribution in [2.75, 3.05) is 20.8 Å². The van der Waals surface area contributed by atoms with Crippen LogP contribution in [-0.2, 0) is 16.1 Å². The van der Waals surface area contributed by atoms with E-state index < -0.39 is 5.97 Å². The van der Waals surface area contributed by atoms with E-state index >= 15 is 0 Å². The van der Waals surface area contributed by atoms with Crippen molar-refractivity contribution in [3.8, 4) is 28.6 Å². The lowest BCUT2D eigenvalue weighted by molar-refractivity contribution is -0.148. The number of rotatable bonds is 9. The van der Waals surface area contributed by atoms with Gasteiger partial charge in [0.1, 0.15) is 17.2 Å². The van der Waals surface area contributed by atoms with Crippen LogP contribution in [-0.4, -0.2) is 36.9 Å². The monoisotopic (exact) mass is 412 g/mol. The normalized spacial score (nSPS) is 10.7. The van der Waals surface area contributed by atoms with E-state index in [1.807, 2.05) is 24.3 Å². The number of esters is 1. The number of para-hydroxylation sites is 1. The van der Waals surface area contributed by atoms with E-state index in [0.29, 0.717) is 28.6 Å². The van der Waals surface area contributed by atoms with Gasteiger partial charge in [0.05, 0.1) is 19.8 Å². The maximum Gasteiger partial charge on any atom is 0.344 e. The molecule has 0 atom stereocenters. The SMILES string of the molecule is COc1ccc(-c2noc(COC(=O)COc3ccccc3C(C)C)n2)c(OC)c1. The third-order valence-electron chi connectivity index (χ3n) is 4.36. The first-order valence-electron chi connectivity index (χ1n) is 9.44. The van der Waals surface area contributed by atoms with Crippen LogP contribution in [0.4, 0.5) is 0 Å². The van der Waals surface area contributed by atoms with E-state index in [4.69, 9.17) is 23.5 Å². The highest BCUT2D eigenvalue weighted by Gasteiger charge is 2.16. The average Bonchev–Trinajstić information content (AvgIpc) is 3.24. The van der Waals surface area contributed by atoms with Crippen molar-refractivity contribution in [2.24, 2.45) is 0 Å². The quantitative estimate of drug-likeness (QED) is 0.487. The molecule has 0 radical (unpaired) electrons. The van der Waals surface area contributed by atoms with Crippen LogP contribution in [0.2, 0.25) is 0 Å². The van der Waals surface area contributed by atoms with Crippen molar-refractivity contribution < 1.29 is 28.3 Å². The zero-order valence-electron chi connectivity index (χ0n) is 17.4. The minimum atomic E-state index is -0.532. The van der Waals surface area contributed by atoms with E-state index in [2.05, 4.69) is 24.0 Å². The van der Waals surface area contributed by atoms with Gasteiger partial charge in [-0.25, -0.2) is 4.79 Å². The van der Waals surface area contributed by atoms with E-state index in [1.54, 1.807) is 32.4 Å². The summed E-state index contributed by atoms with van der Waals surface area (Å²) in [5, 5.41) is 3.92. The van der Waals surface area contributed by atoms with E-state index in [9.17, 15) is 4.79 Å². The molecule has 0 aliphatic rings. The van der Waals surface area contributed by atoms with E-state index in [0.717, 1.165) is 5.56 Å². The Bertz CT molecular complexity index is 999. The molecule has 0 fully saturated rings. The van der Waals surface area contributed by atoms with Crippen LogP contribution in [0.1, 0.15) is 31.2 Å². The minimum absolute atomic E-state index is 0.153. The zero-order valence-corrected chi connectivity index (χ0v) is 17.4. The van der Waals surface area contributed by atoms with Crippen LogP contribution < -0.4 is 14.2 Å². The molecule has 0 saturated heterocycles. The molecule has 0 unspecified atom stereocenters. The van der Waals surface area contributed by atoms with Gasteiger partial charge in [-0.2, -0.15) is 4.98 Å². The fourth-order valence-electron chi connectivity index (χ4n) is 2.82. The van der Waals surface area contributed by atoms with Gasteiger partial charge >= 0.3 is 5.97 Å². The van der Waals surface area contributed by atoms with Crippen molar-refractivity contribution in [1.29, 1.82) is 0 Å². The van der Waals surface area contributed by atoms with Gasteiger partial charge in [-0.1, -0.05) is 37.2 Å². The number of benzene rings is 2. The van der Waals surface area contributed by atoms with Crippen molar-refractivity contribution >= 4 is 5.97 Å². The molecule has 3 aromatic rings. The van der Waals surface area contributed by atoms with Crippen LogP contribution in [0.5, 0.6) is 17.2 Å². The average molecular weight is 412 g/mol. The summed E-state index contributed by atoms with van der Waals surface area (Å²) >= 11 is 0. The van der Waals surface area contributed by atoms with E-state index in [1.165, 1.54) is 0 Å². The fourth-order valence-corrected chi connectivity index (χ4v) is 2.82. The second kappa shape index (κ2) is 9.78. The Morgan fingerprint density at radius 2 is 1.87 bits per heavy atom. The Labute approximate surface area is 174 Å². The zero-order chi connectivity index (χ0) is 21.5. The standard InChI is InChI=1S/C22H24N2O6/c1-14(2)16-7-5-6-8-18(16)28-13-21(25)29-12-20-23-22(24-30-20)17-10-9-15(26-3)11-19(17)27-4/h5-11,14H,12-13H2,1-4H3. The molecule has 8 heteroatoms. The molecule has 0 bridgehead atoms. The predicted molar refractivity (Wildman–Crippen MR) is 109 cm³/mol.